The van der Waals surface area contributed by atoms with Gasteiger partial charge in [0.1, 0.15) is 0 Å². The van der Waals surface area contributed by atoms with Crippen LogP contribution in [0.5, 0.6) is 0 Å². The maximum Gasteiger partial charge on any atom is 0.163 e. The summed E-state index contributed by atoms with van der Waals surface area (Å²) in [6.45, 7) is 2.24. The largest absolute Gasteiger partial charge is 0.383 e. The summed E-state index contributed by atoms with van der Waals surface area (Å²) in [6, 6.07) is 4.17. The van der Waals surface area contributed by atoms with Crippen LogP contribution in [0, 0.1) is 11.6 Å². The van der Waals surface area contributed by atoms with Gasteiger partial charge in [-0.05, 0) is 6.07 Å². The summed E-state index contributed by atoms with van der Waals surface area (Å²) in [5.41, 5.74) is 1.15. The fraction of sp³-hybridized carbons (Fsp3) is 0.357. The number of aromatic nitrogens is 2. The minimum Gasteiger partial charge on any atom is -0.383 e. The highest BCUT2D eigenvalue weighted by atomic mass is 19.2. The lowest BCUT2D eigenvalue weighted by molar-refractivity contribution is 0.199. The standard InChI is InChI=1S/C14H17F2N3O/c1-20-6-5-17-7-12-9-19(10-18-12)8-11-3-2-4-13(15)14(11)16/h2-4,9-10,17H,5-8H2,1H3. The van der Waals surface area contributed by atoms with E-state index in [9.17, 15) is 8.78 Å². The van der Waals surface area contributed by atoms with E-state index in [1.165, 1.54) is 6.07 Å². The number of benzene rings is 1. The zero-order chi connectivity index (χ0) is 14.4. The molecule has 1 heterocycles. The van der Waals surface area contributed by atoms with Crippen molar-refractivity contribution >= 4 is 0 Å². The van der Waals surface area contributed by atoms with Crippen LogP contribution in [0.3, 0.4) is 0 Å². The van der Waals surface area contributed by atoms with E-state index >= 15 is 0 Å². The van der Waals surface area contributed by atoms with Crippen LogP contribution >= 0.6 is 0 Å². The Morgan fingerprint density at radius 2 is 2.20 bits per heavy atom. The van der Waals surface area contributed by atoms with E-state index in [0.717, 1.165) is 18.3 Å². The van der Waals surface area contributed by atoms with E-state index in [2.05, 4.69) is 10.3 Å². The first-order valence-electron chi connectivity index (χ1n) is 6.34. The molecule has 0 bridgehead atoms. The first-order chi connectivity index (χ1) is 9.70. The number of imidazole rings is 1. The molecule has 0 aliphatic rings. The zero-order valence-corrected chi connectivity index (χ0v) is 11.3. The molecule has 0 amide bonds. The van der Waals surface area contributed by atoms with Crippen LogP contribution < -0.4 is 5.32 Å². The van der Waals surface area contributed by atoms with Crippen molar-refractivity contribution in [1.82, 2.24) is 14.9 Å². The van der Waals surface area contributed by atoms with Crippen molar-refractivity contribution < 1.29 is 13.5 Å². The number of nitrogens with zero attached hydrogens (tertiary/aromatic N) is 2. The van der Waals surface area contributed by atoms with Crippen molar-refractivity contribution in [1.29, 1.82) is 0 Å². The molecule has 4 nitrogen and oxygen atoms in total. The van der Waals surface area contributed by atoms with Gasteiger partial charge in [-0.2, -0.15) is 0 Å². The summed E-state index contributed by atoms with van der Waals surface area (Å²) in [6.07, 6.45) is 3.42. The lowest BCUT2D eigenvalue weighted by Gasteiger charge is -2.04. The molecule has 0 unspecified atom stereocenters. The molecule has 108 valence electrons. The number of ether oxygens (including phenoxy) is 1. The third kappa shape index (κ3) is 3.85. The smallest absolute Gasteiger partial charge is 0.163 e. The number of rotatable bonds is 7. The average molecular weight is 281 g/mol. The van der Waals surface area contributed by atoms with Gasteiger partial charge in [-0.15, -0.1) is 0 Å². The van der Waals surface area contributed by atoms with Gasteiger partial charge >= 0.3 is 0 Å². The highest BCUT2D eigenvalue weighted by Gasteiger charge is 2.08. The monoisotopic (exact) mass is 281 g/mol. The Morgan fingerprint density at radius 3 is 3.00 bits per heavy atom. The SMILES string of the molecule is COCCNCc1cn(Cc2cccc(F)c2F)cn1. The predicted octanol–water partition coefficient (Wildman–Crippen LogP) is 1.95. The van der Waals surface area contributed by atoms with Gasteiger partial charge in [-0.3, -0.25) is 0 Å². The second kappa shape index (κ2) is 7.12. The van der Waals surface area contributed by atoms with Crippen LogP contribution in [0.1, 0.15) is 11.3 Å². The molecule has 20 heavy (non-hydrogen) atoms. The van der Waals surface area contributed by atoms with Crippen molar-refractivity contribution in [2.75, 3.05) is 20.3 Å². The summed E-state index contributed by atoms with van der Waals surface area (Å²) in [4.78, 5) is 4.21. The van der Waals surface area contributed by atoms with E-state index in [-0.39, 0.29) is 6.54 Å². The Kier molecular flexibility index (Phi) is 5.20. The third-order valence-corrected chi connectivity index (χ3v) is 2.86. The molecule has 2 rings (SSSR count). The van der Waals surface area contributed by atoms with Gasteiger partial charge < -0.3 is 14.6 Å². The van der Waals surface area contributed by atoms with E-state index in [1.54, 1.807) is 24.1 Å². The molecular weight excluding hydrogens is 264 g/mol. The summed E-state index contributed by atoms with van der Waals surface area (Å²) in [7, 11) is 1.64. The molecule has 0 atom stereocenters. The summed E-state index contributed by atoms with van der Waals surface area (Å²) in [5, 5.41) is 3.17. The van der Waals surface area contributed by atoms with Crippen LogP contribution in [0.2, 0.25) is 0 Å². The topological polar surface area (TPSA) is 39.1 Å². The molecule has 0 saturated carbocycles. The fourth-order valence-corrected chi connectivity index (χ4v) is 1.84. The van der Waals surface area contributed by atoms with Gasteiger partial charge in [-0.25, -0.2) is 13.8 Å². The minimum atomic E-state index is -0.830. The molecule has 0 spiro atoms. The molecule has 1 aromatic carbocycles. The molecule has 2 aromatic rings. The number of nitrogens with one attached hydrogen (secondary N) is 1. The number of hydrogen-bond acceptors (Lipinski definition) is 3. The Balaban J connectivity index is 1.94. The van der Waals surface area contributed by atoms with Gasteiger partial charge in [0.15, 0.2) is 11.6 Å². The summed E-state index contributed by atoms with van der Waals surface area (Å²) in [5.74, 6) is -1.63. The molecule has 0 saturated heterocycles. The number of halogens is 2. The summed E-state index contributed by atoms with van der Waals surface area (Å²) >= 11 is 0. The Bertz CT molecular complexity index is 557. The second-order valence-electron chi connectivity index (χ2n) is 4.42. The van der Waals surface area contributed by atoms with Crippen molar-refractivity contribution in [2.45, 2.75) is 13.1 Å². The van der Waals surface area contributed by atoms with Gasteiger partial charge in [0.2, 0.25) is 0 Å². The van der Waals surface area contributed by atoms with E-state index in [0.29, 0.717) is 18.7 Å². The Morgan fingerprint density at radius 1 is 1.35 bits per heavy atom. The molecular formula is C14H17F2N3O. The fourth-order valence-electron chi connectivity index (χ4n) is 1.84. The zero-order valence-electron chi connectivity index (χ0n) is 11.3. The van der Waals surface area contributed by atoms with Crippen molar-refractivity contribution in [3.63, 3.8) is 0 Å². The van der Waals surface area contributed by atoms with Gasteiger partial charge in [0, 0.05) is 32.0 Å². The number of methoxy groups -OCH3 is 1. The lowest BCUT2D eigenvalue weighted by atomic mass is 10.2. The second-order valence-corrected chi connectivity index (χ2v) is 4.42. The Labute approximate surface area is 116 Å². The molecule has 0 radical (unpaired) electrons. The normalized spacial score (nSPS) is 10.9. The van der Waals surface area contributed by atoms with Gasteiger partial charge in [0.05, 0.1) is 25.2 Å². The maximum absolute atomic E-state index is 13.5. The first-order valence-corrected chi connectivity index (χ1v) is 6.34. The van der Waals surface area contributed by atoms with Crippen LogP contribution in [-0.2, 0) is 17.8 Å². The van der Waals surface area contributed by atoms with Crippen molar-refractivity contribution in [3.8, 4) is 0 Å². The van der Waals surface area contributed by atoms with E-state index in [4.69, 9.17) is 4.74 Å². The summed E-state index contributed by atoms with van der Waals surface area (Å²) < 4.78 is 33.3. The van der Waals surface area contributed by atoms with Gasteiger partial charge in [0.25, 0.3) is 0 Å². The molecule has 0 aliphatic carbocycles. The van der Waals surface area contributed by atoms with Gasteiger partial charge in [-0.1, -0.05) is 12.1 Å². The van der Waals surface area contributed by atoms with E-state index < -0.39 is 11.6 Å². The Hall–Kier alpha value is -1.79. The molecule has 1 aromatic heterocycles. The van der Waals surface area contributed by atoms with Crippen LogP contribution in [-0.4, -0.2) is 29.8 Å². The lowest BCUT2D eigenvalue weighted by Crippen LogP contribution is -2.18. The van der Waals surface area contributed by atoms with Crippen molar-refractivity contribution in [2.24, 2.45) is 0 Å². The van der Waals surface area contributed by atoms with Crippen molar-refractivity contribution in [3.05, 3.63) is 53.6 Å². The quantitative estimate of drug-likeness (QED) is 0.788. The predicted molar refractivity (Wildman–Crippen MR) is 71.3 cm³/mol. The van der Waals surface area contributed by atoms with Crippen LogP contribution in [0.4, 0.5) is 8.78 Å². The van der Waals surface area contributed by atoms with Crippen LogP contribution in [0.25, 0.3) is 0 Å². The molecule has 0 aliphatic heterocycles. The number of hydrogen-bond donors (Lipinski definition) is 1. The highest BCUT2D eigenvalue weighted by molar-refractivity contribution is 5.19. The maximum atomic E-state index is 13.5. The third-order valence-electron chi connectivity index (χ3n) is 2.86. The van der Waals surface area contributed by atoms with Crippen LogP contribution in [0.15, 0.2) is 30.7 Å². The van der Waals surface area contributed by atoms with E-state index in [1.807, 2.05) is 6.20 Å². The first kappa shape index (κ1) is 14.6. The molecule has 1 N–H and O–H groups in total. The average Bonchev–Trinajstić information content (AvgIpc) is 2.88. The minimum absolute atomic E-state index is 0.259. The highest BCUT2D eigenvalue weighted by Crippen LogP contribution is 2.13. The molecule has 6 heteroatoms. The molecule has 0 fully saturated rings.